The number of fused-ring (bicyclic) bond motifs is 1. The third kappa shape index (κ3) is 5.40. The first kappa shape index (κ1) is 29.3. The number of benzene rings is 1. The van der Waals surface area contributed by atoms with E-state index in [9.17, 15) is 14.4 Å². The summed E-state index contributed by atoms with van der Waals surface area (Å²) in [5, 5.41) is 15.2. The molecule has 0 saturated carbocycles. The summed E-state index contributed by atoms with van der Waals surface area (Å²) in [6.45, 7) is 9.62. The predicted octanol–water partition coefficient (Wildman–Crippen LogP) is 3.50. The van der Waals surface area contributed by atoms with E-state index < -0.39 is 29.1 Å². The Morgan fingerprint density at radius 1 is 1.10 bits per heavy atom. The molecule has 6 atom stereocenters. The maximum atomic E-state index is 14.1. The average Bonchev–Trinajstić information content (AvgIpc) is 3.42. The first-order valence-corrected chi connectivity index (χ1v) is 14.7. The van der Waals surface area contributed by atoms with Crippen molar-refractivity contribution in [2.24, 2.45) is 17.8 Å². The number of ether oxygens (including phenoxy) is 2. The molecule has 0 aromatic heterocycles. The van der Waals surface area contributed by atoms with E-state index in [1.54, 1.807) is 29.2 Å². The monoisotopic (exact) mass is 543 g/mol. The van der Waals surface area contributed by atoms with Gasteiger partial charge < -0.3 is 30.1 Å². The number of carbonyl (C=O) groups excluding carboxylic acids is 3. The lowest BCUT2D eigenvalue weighted by Gasteiger charge is -2.36. The summed E-state index contributed by atoms with van der Waals surface area (Å²) in [5.74, 6) is -1.35. The fourth-order valence-electron chi connectivity index (χ4n) is 6.93. The van der Waals surface area contributed by atoms with E-state index in [0.29, 0.717) is 38.2 Å². The normalized spacial score (nSPS) is 30.9. The zero-order chi connectivity index (χ0) is 28.2. The molecule has 3 heterocycles. The number of unbranched alkanes of at least 4 members (excludes halogenated alkanes) is 4. The molecule has 4 rings (SSSR count). The third-order valence-electron chi connectivity index (χ3n) is 8.91. The number of hydrogen-bond acceptors (Lipinski definition) is 6. The van der Waals surface area contributed by atoms with Crippen molar-refractivity contribution >= 4 is 23.4 Å². The van der Waals surface area contributed by atoms with Crippen molar-refractivity contribution in [2.75, 3.05) is 31.6 Å². The molecule has 9 heteroatoms. The summed E-state index contributed by atoms with van der Waals surface area (Å²) in [6.07, 6.45) is 5.51. The van der Waals surface area contributed by atoms with Crippen LogP contribution in [0.1, 0.15) is 72.6 Å². The standard InChI is InChI=1S/C30H45N3O6/c1-5-7-16-31-27(36)25-30-19-20(3)29(4,39-30)23(24(30)28(37)33(25)17-10-8-9-11-18-34)26(35)32-21-12-14-22(15-13-21)38-6-2/h12-15,20,23-25,34H,5-11,16-19H2,1-4H3,(H,31,36)(H,32,35)/t20?,23-,24+,25?,29+,30?/m1/s1. The Morgan fingerprint density at radius 3 is 2.49 bits per heavy atom. The highest BCUT2D eigenvalue weighted by Gasteiger charge is 2.79. The van der Waals surface area contributed by atoms with Crippen LogP contribution in [-0.2, 0) is 19.1 Å². The van der Waals surface area contributed by atoms with E-state index in [1.165, 1.54) is 0 Å². The molecule has 3 aliphatic heterocycles. The molecule has 1 spiro atoms. The molecule has 1 aromatic rings. The number of anilines is 1. The minimum absolute atomic E-state index is 0.00641. The van der Waals surface area contributed by atoms with Crippen molar-refractivity contribution in [3.63, 3.8) is 0 Å². The molecule has 3 fully saturated rings. The molecule has 0 aliphatic carbocycles. The maximum Gasteiger partial charge on any atom is 0.245 e. The fourth-order valence-corrected chi connectivity index (χ4v) is 6.93. The number of aliphatic hydroxyl groups is 1. The number of nitrogens with one attached hydrogen (secondary N) is 2. The van der Waals surface area contributed by atoms with Crippen LogP contribution < -0.4 is 15.4 Å². The SMILES string of the molecule is CCCCNC(=O)C1N(CCCCCCO)C(=O)[C@@H]2[C@H](C(=O)Nc3ccc(OCC)cc3)[C@@]3(C)OC12CC3C. The van der Waals surface area contributed by atoms with Gasteiger partial charge in [-0.05, 0) is 69.7 Å². The van der Waals surface area contributed by atoms with Crippen LogP contribution in [-0.4, -0.2) is 71.3 Å². The number of nitrogens with zero attached hydrogens (tertiary/aromatic N) is 1. The van der Waals surface area contributed by atoms with Crippen LogP contribution >= 0.6 is 0 Å². The lowest BCUT2D eigenvalue weighted by atomic mass is 9.62. The number of amides is 3. The first-order chi connectivity index (χ1) is 18.7. The van der Waals surface area contributed by atoms with Gasteiger partial charge in [0.05, 0.1) is 24.0 Å². The fraction of sp³-hybridized carbons (Fsp3) is 0.700. The second-order valence-corrected chi connectivity index (χ2v) is 11.5. The van der Waals surface area contributed by atoms with Crippen LogP contribution in [0.15, 0.2) is 24.3 Å². The molecular formula is C30H45N3O6. The number of aliphatic hydroxyl groups excluding tert-OH is 1. The van der Waals surface area contributed by atoms with Crippen molar-refractivity contribution in [3.05, 3.63) is 24.3 Å². The number of rotatable bonds is 14. The van der Waals surface area contributed by atoms with Crippen LogP contribution in [0.5, 0.6) is 5.75 Å². The molecular weight excluding hydrogens is 498 g/mol. The summed E-state index contributed by atoms with van der Waals surface area (Å²) in [5.41, 5.74) is -1.27. The molecule has 39 heavy (non-hydrogen) atoms. The lowest BCUT2D eigenvalue weighted by Crippen LogP contribution is -2.55. The van der Waals surface area contributed by atoms with E-state index in [-0.39, 0.29) is 30.2 Å². The van der Waals surface area contributed by atoms with Gasteiger partial charge in [0.2, 0.25) is 17.7 Å². The smallest absolute Gasteiger partial charge is 0.245 e. The molecule has 3 unspecified atom stereocenters. The van der Waals surface area contributed by atoms with Crippen LogP contribution in [0.4, 0.5) is 5.69 Å². The summed E-state index contributed by atoms with van der Waals surface area (Å²) in [7, 11) is 0. The highest BCUT2D eigenvalue weighted by molar-refractivity contribution is 6.02. The van der Waals surface area contributed by atoms with E-state index in [4.69, 9.17) is 14.6 Å². The molecule has 9 nitrogen and oxygen atoms in total. The average molecular weight is 544 g/mol. The molecule has 2 bridgehead atoms. The Balaban J connectivity index is 1.61. The molecule has 3 amide bonds. The third-order valence-corrected chi connectivity index (χ3v) is 8.91. The van der Waals surface area contributed by atoms with Crippen LogP contribution in [0.2, 0.25) is 0 Å². The molecule has 3 saturated heterocycles. The van der Waals surface area contributed by atoms with Gasteiger partial charge in [-0.15, -0.1) is 0 Å². The largest absolute Gasteiger partial charge is 0.494 e. The quantitative estimate of drug-likeness (QED) is 0.309. The molecule has 1 aromatic carbocycles. The van der Waals surface area contributed by atoms with Gasteiger partial charge in [0, 0.05) is 25.4 Å². The van der Waals surface area contributed by atoms with Gasteiger partial charge in [-0.3, -0.25) is 14.4 Å². The zero-order valence-electron chi connectivity index (χ0n) is 23.8. The minimum atomic E-state index is -1.03. The predicted molar refractivity (Wildman–Crippen MR) is 148 cm³/mol. The van der Waals surface area contributed by atoms with E-state index in [2.05, 4.69) is 24.5 Å². The number of carbonyl (C=O) groups is 3. The highest BCUT2D eigenvalue weighted by atomic mass is 16.5. The molecule has 216 valence electrons. The zero-order valence-corrected chi connectivity index (χ0v) is 23.8. The first-order valence-electron chi connectivity index (χ1n) is 14.7. The van der Waals surface area contributed by atoms with E-state index in [1.807, 2.05) is 13.8 Å². The summed E-state index contributed by atoms with van der Waals surface area (Å²) in [4.78, 5) is 43.3. The Morgan fingerprint density at radius 2 is 1.82 bits per heavy atom. The molecule has 3 aliphatic rings. The van der Waals surface area contributed by atoms with Crippen LogP contribution in [0.25, 0.3) is 0 Å². The van der Waals surface area contributed by atoms with Gasteiger partial charge in [0.25, 0.3) is 0 Å². The Kier molecular flexibility index (Phi) is 9.21. The van der Waals surface area contributed by atoms with Crippen LogP contribution in [0, 0.1) is 17.8 Å². The Hall–Kier alpha value is -2.65. The molecule has 3 N–H and O–H groups in total. The number of hydrogen-bond donors (Lipinski definition) is 3. The molecule has 0 radical (unpaired) electrons. The summed E-state index contributed by atoms with van der Waals surface area (Å²) < 4.78 is 12.3. The van der Waals surface area contributed by atoms with Gasteiger partial charge in [-0.2, -0.15) is 0 Å². The van der Waals surface area contributed by atoms with Crippen molar-refractivity contribution in [3.8, 4) is 5.75 Å². The topological polar surface area (TPSA) is 117 Å². The van der Waals surface area contributed by atoms with Gasteiger partial charge in [0.1, 0.15) is 17.4 Å². The second kappa shape index (κ2) is 12.3. The summed E-state index contributed by atoms with van der Waals surface area (Å²) >= 11 is 0. The minimum Gasteiger partial charge on any atom is -0.494 e. The van der Waals surface area contributed by atoms with Crippen LogP contribution in [0.3, 0.4) is 0 Å². The Labute approximate surface area is 232 Å². The summed E-state index contributed by atoms with van der Waals surface area (Å²) in [6, 6.07) is 6.42. The lowest BCUT2D eigenvalue weighted by molar-refractivity contribution is -0.146. The van der Waals surface area contributed by atoms with Gasteiger partial charge in [-0.25, -0.2) is 0 Å². The van der Waals surface area contributed by atoms with Crippen molar-refractivity contribution in [1.29, 1.82) is 0 Å². The van der Waals surface area contributed by atoms with Gasteiger partial charge >= 0.3 is 0 Å². The highest BCUT2D eigenvalue weighted by Crippen LogP contribution is 2.65. The van der Waals surface area contributed by atoms with E-state index in [0.717, 1.165) is 37.9 Å². The van der Waals surface area contributed by atoms with Crippen molar-refractivity contribution in [2.45, 2.75) is 89.9 Å². The Bertz CT molecular complexity index is 1030. The van der Waals surface area contributed by atoms with Gasteiger partial charge in [0.15, 0.2) is 0 Å². The maximum absolute atomic E-state index is 14.1. The van der Waals surface area contributed by atoms with E-state index >= 15 is 0 Å². The van der Waals surface area contributed by atoms with Crippen molar-refractivity contribution in [1.82, 2.24) is 10.2 Å². The number of likely N-dealkylation sites (tertiary alicyclic amines) is 1. The second-order valence-electron chi connectivity index (χ2n) is 11.5. The van der Waals surface area contributed by atoms with Crippen molar-refractivity contribution < 1.29 is 29.0 Å². The van der Waals surface area contributed by atoms with Gasteiger partial charge in [-0.1, -0.05) is 33.1 Å².